The fraction of sp³-hybridized carbons (Fsp3) is 0.200. The van der Waals surface area contributed by atoms with Crippen molar-refractivity contribution in [2.24, 2.45) is 5.73 Å². The van der Waals surface area contributed by atoms with Crippen LogP contribution in [0.2, 0.25) is 0 Å². The molecule has 0 aliphatic rings. The largest absolute Gasteiger partial charge is 0.489 e. The lowest BCUT2D eigenvalue weighted by Crippen LogP contribution is -2.18. The Balaban J connectivity index is 1.91. The number of aromatic nitrogens is 1. The maximum Gasteiger partial charge on any atom is 0.310 e. The van der Waals surface area contributed by atoms with Crippen molar-refractivity contribution in [3.05, 3.63) is 65.9 Å². The molecule has 3 rings (SSSR count). The standard InChI is InChI=1S/C20H20N2O4/c1-25-20(24)9-15-11-22(12-19(21)23)18-8-7-16(10-17(15)18)26-13-14-5-3-2-4-6-14/h2-8,10-11H,9,12-13H2,1H3,(H2,21,23). The second kappa shape index (κ2) is 7.74. The van der Waals surface area contributed by atoms with Gasteiger partial charge in [0.05, 0.1) is 13.5 Å². The van der Waals surface area contributed by atoms with Gasteiger partial charge in [0.2, 0.25) is 5.91 Å². The third kappa shape index (κ3) is 4.03. The monoisotopic (exact) mass is 352 g/mol. The third-order valence-electron chi connectivity index (χ3n) is 4.07. The van der Waals surface area contributed by atoms with Crippen LogP contribution in [0.15, 0.2) is 54.7 Å². The first kappa shape index (κ1) is 17.5. The second-order valence-corrected chi connectivity index (χ2v) is 5.95. The first-order valence-electron chi connectivity index (χ1n) is 8.20. The number of nitrogens with zero attached hydrogens (tertiary/aromatic N) is 1. The molecule has 0 unspecified atom stereocenters. The van der Waals surface area contributed by atoms with Gasteiger partial charge in [-0.2, -0.15) is 0 Å². The molecular weight excluding hydrogens is 332 g/mol. The van der Waals surface area contributed by atoms with Crippen LogP contribution in [0.3, 0.4) is 0 Å². The lowest BCUT2D eigenvalue weighted by atomic mass is 10.1. The van der Waals surface area contributed by atoms with Crippen molar-refractivity contribution in [3.8, 4) is 5.75 Å². The molecule has 0 saturated heterocycles. The molecule has 1 aromatic heterocycles. The summed E-state index contributed by atoms with van der Waals surface area (Å²) >= 11 is 0. The average molecular weight is 352 g/mol. The van der Waals surface area contributed by atoms with Gasteiger partial charge in [0.25, 0.3) is 0 Å². The van der Waals surface area contributed by atoms with Gasteiger partial charge in [-0.25, -0.2) is 0 Å². The number of carbonyl (C=O) groups excluding carboxylic acids is 2. The number of nitrogens with two attached hydrogens (primary N) is 1. The molecule has 1 heterocycles. The first-order valence-corrected chi connectivity index (χ1v) is 8.20. The summed E-state index contributed by atoms with van der Waals surface area (Å²) in [4.78, 5) is 23.0. The molecule has 134 valence electrons. The Labute approximate surface area is 151 Å². The van der Waals surface area contributed by atoms with Gasteiger partial charge in [0, 0.05) is 17.1 Å². The Hall–Kier alpha value is -3.28. The van der Waals surface area contributed by atoms with E-state index in [0.717, 1.165) is 22.0 Å². The minimum atomic E-state index is -0.448. The highest BCUT2D eigenvalue weighted by Crippen LogP contribution is 2.27. The van der Waals surface area contributed by atoms with Crippen LogP contribution in [-0.4, -0.2) is 23.6 Å². The summed E-state index contributed by atoms with van der Waals surface area (Å²) < 4.78 is 12.4. The zero-order valence-electron chi connectivity index (χ0n) is 14.5. The number of methoxy groups -OCH3 is 1. The van der Waals surface area contributed by atoms with E-state index >= 15 is 0 Å². The minimum Gasteiger partial charge on any atom is -0.489 e. The van der Waals surface area contributed by atoms with Crippen LogP contribution in [0, 0.1) is 0 Å². The van der Waals surface area contributed by atoms with Gasteiger partial charge < -0.3 is 19.8 Å². The Morgan fingerprint density at radius 1 is 1.12 bits per heavy atom. The SMILES string of the molecule is COC(=O)Cc1cn(CC(N)=O)c2ccc(OCc3ccccc3)cc12. The van der Waals surface area contributed by atoms with E-state index < -0.39 is 5.91 Å². The number of ether oxygens (including phenoxy) is 2. The summed E-state index contributed by atoms with van der Waals surface area (Å²) in [5, 5.41) is 0.835. The molecule has 3 aromatic rings. The van der Waals surface area contributed by atoms with E-state index in [1.807, 2.05) is 48.5 Å². The predicted molar refractivity (Wildman–Crippen MR) is 97.6 cm³/mol. The van der Waals surface area contributed by atoms with Gasteiger partial charge in [-0.1, -0.05) is 30.3 Å². The zero-order valence-corrected chi connectivity index (χ0v) is 14.5. The zero-order chi connectivity index (χ0) is 18.5. The van der Waals surface area contributed by atoms with Crippen molar-refractivity contribution in [2.75, 3.05) is 7.11 Å². The maximum atomic E-state index is 11.7. The van der Waals surface area contributed by atoms with Gasteiger partial charge in [0.1, 0.15) is 18.9 Å². The van der Waals surface area contributed by atoms with Gasteiger partial charge in [-0.15, -0.1) is 0 Å². The molecule has 0 saturated carbocycles. The van der Waals surface area contributed by atoms with Crippen molar-refractivity contribution in [2.45, 2.75) is 19.6 Å². The number of primary amides is 1. The molecule has 6 nitrogen and oxygen atoms in total. The molecule has 0 aliphatic heterocycles. The predicted octanol–water partition coefficient (Wildman–Crippen LogP) is 2.42. The summed E-state index contributed by atoms with van der Waals surface area (Å²) in [7, 11) is 1.35. The molecule has 0 bridgehead atoms. The van der Waals surface area contributed by atoms with Crippen LogP contribution >= 0.6 is 0 Å². The van der Waals surface area contributed by atoms with E-state index in [1.165, 1.54) is 7.11 Å². The third-order valence-corrected chi connectivity index (χ3v) is 4.07. The number of esters is 1. The van der Waals surface area contributed by atoms with E-state index in [0.29, 0.717) is 12.4 Å². The smallest absolute Gasteiger partial charge is 0.310 e. The number of hydrogen-bond donors (Lipinski definition) is 1. The van der Waals surface area contributed by atoms with E-state index in [1.54, 1.807) is 10.8 Å². The molecule has 0 atom stereocenters. The van der Waals surface area contributed by atoms with Crippen molar-refractivity contribution in [1.82, 2.24) is 4.57 Å². The van der Waals surface area contributed by atoms with E-state index in [-0.39, 0.29) is 18.9 Å². The summed E-state index contributed by atoms with van der Waals surface area (Å²) in [6, 6.07) is 15.4. The minimum absolute atomic E-state index is 0.0435. The van der Waals surface area contributed by atoms with Crippen molar-refractivity contribution >= 4 is 22.8 Å². The van der Waals surface area contributed by atoms with Crippen LogP contribution in [0.1, 0.15) is 11.1 Å². The topological polar surface area (TPSA) is 83.5 Å². The van der Waals surface area contributed by atoms with Crippen molar-refractivity contribution < 1.29 is 19.1 Å². The lowest BCUT2D eigenvalue weighted by Gasteiger charge is -2.08. The molecule has 0 spiro atoms. The molecule has 0 fully saturated rings. The lowest BCUT2D eigenvalue weighted by molar-refractivity contribution is -0.139. The second-order valence-electron chi connectivity index (χ2n) is 5.95. The number of hydrogen-bond acceptors (Lipinski definition) is 4. The van der Waals surface area contributed by atoms with Crippen LogP contribution < -0.4 is 10.5 Å². The van der Waals surface area contributed by atoms with Gasteiger partial charge >= 0.3 is 5.97 Å². The first-order chi connectivity index (χ1) is 12.6. The molecule has 1 amide bonds. The number of benzene rings is 2. The van der Waals surface area contributed by atoms with Crippen molar-refractivity contribution in [1.29, 1.82) is 0 Å². The Bertz CT molecular complexity index is 932. The van der Waals surface area contributed by atoms with Gasteiger partial charge in [-0.05, 0) is 29.3 Å². The Morgan fingerprint density at radius 3 is 2.58 bits per heavy atom. The average Bonchev–Trinajstić information content (AvgIpc) is 2.97. The van der Waals surface area contributed by atoms with E-state index in [4.69, 9.17) is 15.2 Å². The fourth-order valence-corrected chi connectivity index (χ4v) is 2.85. The fourth-order valence-electron chi connectivity index (χ4n) is 2.85. The highest BCUT2D eigenvalue weighted by atomic mass is 16.5. The molecule has 6 heteroatoms. The van der Waals surface area contributed by atoms with Crippen LogP contribution in [0.5, 0.6) is 5.75 Å². The van der Waals surface area contributed by atoms with Crippen LogP contribution in [-0.2, 0) is 33.9 Å². The van der Waals surface area contributed by atoms with Crippen LogP contribution in [0.25, 0.3) is 10.9 Å². The molecule has 26 heavy (non-hydrogen) atoms. The highest BCUT2D eigenvalue weighted by molar-refractivity contribution is 5.90. The quantitative estimate of drug-likeness (QED) is 0.662. The molecule has 0 radical (unpaired) electrons. The number of rotatable bonds is 7. The van der Waals surface area contributed by atoms with Gasteiger partial charge in [0.15, 0.2) is 0 Å². The normalized spacial score (nSPS) is 10.7. The highest BCUT2D eigenvalue weighted by Gasteiger charge is 2.14. The molecule has 0 aliphatic carbocycles. The summed E-state index contributed by atoms with van der Waals surface area (Å²) in [5.41, 5.74) is 7.96. The summed E-state index contributed by atoms with van der Waals surface area (Å²) in [6.07, 6.45) is 1.87. The summed E-state index contributed by atoms with van der Waals surface area (Å²) in [5.74, 6) is -0.112. The molecular formula is C20H20N2O4. The van der Waals surface area contributed by atoms with E-state index in [2.05, 4.69) is 0 Å². The number of carbonyl (C=O) groups is 2. The molecule has 2 N–H and O–H groups in total. The number of fused-ring (bicyclic) bond motifs is 1. The Morgan fingerprint density at radius 2 is 1.88 bits per heavy atom. The van der Waals surface area contributed by atoms with Gasteiger partial charge in [-0.3, -0.25) is 9.59 Å². The van der Waals surface area contributed by atoms with Crippen LogP contribution in [0.4, 0.5) is 0 Å². The number of amides is 1. The van der Waals surface area contributed by atoms with Crippen molar-refractivity contribution in [3.63, 3.8) is 0 Å². The Kier molecular flexibility index (Phi) is 5.22. The summed E-state index contributed by atoms with van der Waals surface area (Å²) in [6.45, 7) is 0.489. The molecule has 2 aromatic carbocycles. The maximum absolute atomic E-state index is 11.7. The van der Waals surface area contributed by atoms with E-state index in [9.17, 15) is 9.59 Å².